The Morgan fingerprint density at radius 2 is 2.16 bits per heavy atom. The van der Waals surface area contributed by atoms with Crippen molar-refractivity contribution in [2.45, 2.75) is 12.8 Å². The van der Waals surface area contributed by atoms with Crippen LogP contribution in [-0.4, -0.2) is 18.1 Å². The number of carbonyl (C=O) groups excluding carboxylic acids is 1. The van der Waals surface area contributed by atoms with Crippen molar-refractivity contribution in [3.05, 3.63) is 59.4 Å². The normalized spacial score (nSPS) is 14.6. The molecule has 130 valence electrons. The average molecular weight is 369 g/mol. The van der Waals surface area contributed by atoms with E-state index in [1.165, 1.54) is 6.07 Å². The predicted molar refractivity (Wildman–Crippen MR) is 87.4 cm³/mol. The number of carbonyl (C=O) groups is 1. The Balaban J connectivity index is 2.37. The molecule has 0 bridgehead atoms. The summed E-state index contributed by atoms with van der Waals surface area (Å²) < 4.78 is 42.0. The summed E-state index contributed by atoms with van der Waals surface area (Å²) in [5.74, 6) is -0.905. The van der Waals surface area contributed by atoms with Crippen molar-refractivity contribution in [3.8, 4) is 6.07 Å². The molecule has 1 N–H and O–H groups in total. The molecule has 1 aliphatic rings. The monoisotopic (exact) mass is 368 g/mol. The molecule has 1 amide bonds. The summed E-state index contributed by atoms with van der Waals surface area (Å²) in [6.45, 7) is 3.64. The lowest BCUT2D eigenvalue weighted by Gasteiger charge is -2.15. The third-order valence-corrected chi connectivity index (χ3v) is 3.61. The van der Waals surface area contributed by atoms with Gasteiger partial charge in [-0.05, 0) is 35.4 Å². The fourth-order valence-corrected chi connectivity index (χ4v) is 2.32. The summed E-state index contributed by atoms with van der Waals surface area (Å²) in [4.78, 5) is 11.4. The maximum absolute atomic E-state index is 12.7. The fraction of sp³-hybridized carbons (Fsp3) is 0.176. The van der Waals surface area contributed by atoms with Gasteiger partial charge in [-0.3, -0.25) is 4.79 Å². The highest BCUT2D eigenvalue weighted by atomic mass is 35.5. The van der Waals surface area contributed by atoms with Crippen LogP contribution in [0, 0.1) is 11.3 Å². The molecule has 0 aliphatic carbocycles. The minimum atomic E-state index is -4.93. The van der Waals surface area contributed by atoms with Gasteiger partial charge in [0.05, 0.1) is 18.4 Å². The molecule has 0 unspecified atom stereocenters. The topological polar surface area (TPSA) is 62.1 Å². The first-order valence-corrected chi connectivity index (χ1v) is 7.52. The van der Waals surface area contributed by atoms with Crippen LogP contribution in [-0.2, 0) is 16.0 Å². The summed E-state index contributed by atoms with van der Waals surface area (Å²) in [5.41, 5.74) is 1.66. The van der Waals surface area contributed by atoms with Crippen molar-refractivity contribution < 1.29 is 22.7 Å². The van der Waals surface area contributed by atoms with Crippen molar-refractivity contribution in [3.63, 3.8) is 0 Å². The van der Waals surface area contributed by atoms with Gasteiger partial charge in [-0.1, -0.05) is 12.6 Å². The molecule has 0 radical (unpaired) electrons. The Hall–Kier alpha value is -2.72. The van der Waals surface area contributed by atoms with Crippen LogP contribution in [0.15, 0.2) is 48.3 Å². The predicted octanol–water partition coefficient (Wildman–Crippen LogP) is 4.30. The fourth-order valence-electron chi connectivity index (χ4n) is 2.17. The lowest BCUT2D eigenvalue weighted by molar-refractivity contribution is -0.302. The van der Waals surface area contributed by atoms with Crippen molar-refractivity contribution in [2.24, 2.45) is 0 Å². The second-order valence-corrected chi connectivity index (χ2v) is 5.36. The van der Waals surface area contributed by atoms with E-state index in [1.54, 1.807) is 18.2 Å². The second kappa shape index (κ2) is 7.45. The first-order valence-electron chi connectivity index (χ1n) is 6.98. The van der Waals surface area contributed by atoms with Crippen molar-refractivity contribution in [1.29, 1.82) is 5.26 Å². The van der Waals surface area contributed by atoms with Gasteiger partial charge in [0.2, 0.25) is 5.91 Å². The Labute approximate surface area is 146 Å². The standard InChI is InChI=1S/C17H12ClF3N2O2/c1-10(12-3-4-14-13(6-12)7-16(24)23-14)15(25-17(19,20)21)5-2-11(8-18)9-22/h2-6H,1,7-8H2,(H,23,24)/b11-2+,15-5+. The maximum atomic E-state index is 12.7. The van der Waals surface area contributed by atoms with Crippen molar-refractivity contribution in [2.75, 3.05) is 11.2 Å². The van der Waals surface area contributed by atoms with Gasteiger partial charge in [0.25, 0.3) is 0 Å². The molecule has 8 heteroatoms. The highest BCUT2D eigenvalue weighted by Crippen LogP contribution is 2.32. The summed E-state index contributed by atoms with van der Waals surface area (Å²) >= 11 is 5.51. The number of nitrogens with one attached hydrogen (secondary N) is 1. The van der Waals surface area contributed by atoms with Crippen LogP contribution in [0.5, 0.6) is 0 Å². The van der Waals surface area contributed by atoms with Crippen LogP contribution < -0.4 is 5.32 Å². The molecule has 4 nitrogen and oxygen atoms in total. The zero-order valence-electron chi connectivity index (χ0n) is 12.8. The van der Waals surface area contributed by atoms with E-state index in [0.717, 1.165) is 12.2 Å². The molecule has 25 heavy (non-hydrogen) atoms. The Morgan fingerprint density at radius 3 is 2.76 bits per heavy atom. The number of hydrogen-bond acceptors (Lipinski definition) is 3. The molecule has 2 rings (SSSR count). The van der Waals surface area contributed by atoms with E-state index in [4.69, 9.17) is 16.9 Å². The van der Waals surface area contributed by atoms with Gasteiger partial charge in [0.15, 0.2) is 0 Å². The van der Waals surface area contributed by atoms with Crippen LogP contribution in [0.3, 0.4) is 0 Å². The van der Waals surface area contributed by atoms with Crippen LogP contribution in [0.2, 0.25) is 0 Å². The molecule has 0 saturated heterocycles. The number of nitrogens with zero attached hydrogens (tertiary/aromatic N) is 1. The zero-order valence-corrected chi connectivity index (χ0v) is 13.5. The molecule has 0 aromatic heterocycles. The van der Waals surface area contributed by atoms with Crippen molar-refractivity contribution >= 4 is 28.8 Å². The SMILES string of the molecule is C=C(/C(=C\C=C(\C#N)CCl)OC(F)(F)F)c1ccc2c(c1)CC(=O)N2. The third kappa shape index (κ3) is 4.88. The van der Waals surface area contributed by atoms with Gasteiger partial charge in [0, 0.05) is 16.8 Å². The van der Waals surface area contributed by atoms with E-state index >= 15 is 0 Å². The molecule has 1 aromatic carbocycles. The van der Waals surface area contributed by atoms with Gasteiger partial charge in [0.1, 0.15) is 5.76 Å². The molecule has 1 aromatic rings. The minimum Gasteiger partial charge on any atom is -0.405 e. The quantitative estimate of drug-likeness (QED) is 0.365. The minimum absolute atomic E-state index is 0.0393. The number of benzene rings is 1. The van der Waals surface area contributed by atoms with Crippen LogP contribution in [0.25, 0.3) is 5.57 Å². The summed E-state index contributed by atoms with van der Waals surface area (Å²) in [6, 6.07) is 6.44. The number of ether oxygens (including phenoxy) is 1. The van der Waals surface area contributed by atoms with Crippen molar-refractivity contribution in [1.82, 2.24) is 0 Å². The Morgan fingerprint density at radius 1 is 1.44 bits per heavy atom. The van der Waals surface area contributed by atoms with E-state index < -0.39 is 12.1 Å². The Bertz CT molecular complexity index is 820. The molecule has 1 aliphatic heterocycles. The van der Waals surface area contributed by atoms with Gasteiger partial charge in [-0.2, -0.15) is 5.26 Å². The molecule has 0 fully saturated rings. The first-order chi connectivity index (χ1) is 11.7. The van der Waals surface area contributed by atoms with Crippen LogP contribution >= 0.6 is 11.6 Å². The summed E-state index contributed by atoms with van der Waals surface area (Å²) in [5, 5.41) is 11.4. The third-order valence-electron chi connectivity index (χ3n) is 3.33. The zero-order chi connectivity index (χ0) is 18.6. The number of hydrogen-bond donors (Lipinski definition) is 1. The number of anilines is 1. The summed E-state index contributed by atoms with van der Waals surface area (Å²) in [6.07, 6.45) is -2.66. The molecule has 0 spiro atoms. The second-order valence-electron chi connectivity index (χ2n) is 5.09. The highest BCUT2D eigenvalue weighted by molar-refractivity contribution is 6.19. The molecule has 0 saturated carbocycles. The lowest BCUT2D eigenvalue weighted by Crippen LogP contribution is -2.13. The maximum Gasteiger partial charge on any atom is 0.573 e. The number of nitriles is 1. The van der Waals surface area contributed by atoms with E-state index in [0.29, 0.717) is 16.8 Å². The van der Waals surface area contributed by atoms with Crippen LogP contribution in [0.4, 0.5) is 18.9 Å². The van der Waals surface area contributed by atoms with E-state index in [9.17, 15) is 18.0 Å². The summed E-state index contributed by atoms with van der Waals surface area (Å²) in [7, 11) is 0. The number of halogens is 4. The van der Waals surface area contributed by atoms with Gasteiger partial charge in [-0.15, -0.1) is 24.8 Å². The molecule has 0 atom stereocenters. The lowest BCUT2D eigenvalue weighted by atomic mass is 10.0. The first kappa shape index (κ1) is 18.6. The molecular formula is C17H12ClF3N2O2. The van der Waals surface area contributed by atoms with E-state index in [2.05, 4.69) is 16.6 Å². The van der Waals surface area contributed by atoms with Gasteiger partial charge < -0.3 is 10.1 Å². The smallest absolute Gasteiger partial charge is 0.405 e. The Kier molecular flexibility index (Phi) is 5.55. The number of allylic oxidation sites excluding steroid dienone is 4. The molecular weight excluding hydrogens is 357 g/mol. The van der Waals surface area contributed by atoms with E-state index in [1.807, 2.05) is 0 Å². The van der Waals surface area contributed by atoms with Gasteiger partial charge >= 0.3 is 6.36 Å². The van der Waals surface area contributed by atoms with Crippen LogP contribution in [0.1, 0.15) is 11.1 Å². The number of alkyl halides is 4. The number of rotatable bonds is 5. The molecule has 1 heterocycles. The van der Waals surface area contributed by atoms with E-state index in [-0.39, 0.29) is 29.4 Å². The highest BCUT2D eigenvalue weighted by Gasteiger charge is 2.33. The average Bonchev–Trinajstić information content (AvgIpc) is 2.91. The largest absolute Gasteiger partial charge is 0.573 e. The van der Waals surface area contributed by atoms with Gasteiger partial charge in [-0.25, -0.2) is 0 Å². The number of amides is 1. The number of fused-ring (bicyclic) bond motifs is 1.